The van der Waals surface area contributed by atoms with Crippen molar-refractivity contribution in [2.75, 3.05) is 6.61 Å². The maximum atomic E-state index is 6.03. The predicted molar refractivity (Wildman–Crippen MR) is 66.4 cm³/mol. The van der Waals surface area contributed by atoms with Crippen molar-refractivity contribution in [2.45, 2.75) is 64.4 Å². The Morgan fingerprint density at radius 2 is 1.88 bits per heavy atom. The first-order valence-electron chi connectivity index (χ1n) is 7.05. The molecule has 3 rings (SSSR count). The predicted octanol–water partition coefficient (Wildman–Crippen LogP) is 4.08. The summed E-state index contributed by atoms with van der Waals surface area (Å²) in [6.45, 7) is 5.53. The van der Waals surface area contributed by atoms with Crippen molar-refractivity contribution in [3.05, 3.63) is 11.1 Å². The second-order valence-electron chi connectivity index (χ2n) is 6.32. The SMILES string of the molecule is CC1(C)OCCC2=C1C1CCCCC1CC2. The molecule has 16 heavy (non-hydrogen) atoms. The molecule has 2 atom stereocenters. The molecule has 3 aliphatic rings. The molecule has 1 nitrogen and oxygen atoms in total. The summed E-state index contributed by atoms with van der Waals surface area (Å²) in [6, 6.07) is 0. The Labute approximate surface area is 99.3 Å². The van der Waals surface area contributed by atoms with Crippen LogP contribution in [0.1, 0.15) is 58.8 Å². The zero-order valence-corrected chi connectivity index (χ0v) is 10.7. The van der Waals surface area contributed by atoms with E-state index in [1.54, 1.807) is 11.1 Å². The van der Waals surface area contributed by atoms with E-state index in [2.05, 4.69) is 13.8 Å². The van der Waals surface area contributed by atoms with Crippen LogP contribution in [0, 0.1) is 11.8 Å². The summed E-state index contributed by atoms with van der Waals surface area (Å²) in [6.07, 6.45) is 9.83. The Kier molecular flexibility index (Phi) is 2.62. The van der Waals surface area contributed by atoms with E-state index in [-0.39, 0.29) is 5.60 Å². The van der Waals surface area contributed by atoms with E-state index in [0.29, 0.717) is 0 Å². The molecule has 1 fully saturated rings. The molecule has 0 aromatic rings. The highest BCUT2D eigenvalue weighted by atomic mass is 16.5. The van der Waals surface area contributed by atoms with Gasteiger partial charge in [-0.05, 0) is 63.4 Å². The zero-order chi connectivity index (χ0) is 11.2. The van der Waals surface area contributed by atoms with E-state index in [4.69, 9.17) is 4.74 Å². The first-order chi connectivity index (χ1) is 7.68. The summed E-state index contributed by atoms with van der Waals surface area (Å²) in [5, 5.41) is 0. The highest BCUT2D eigenvalue weighted by Crippen LogP contribution is 2.50. The fourth-order valence-corrected chi connectivity index (χ4v) is 4.33. The van der Waals surface area contributed by atoms with Crippen molar-refractivity contribution in [1.82, 2.24) is 0 Å². The van der Waals surface area contributed by atoms with Gasteiger partial charge in [-0.15, -0.1) is 0 Å². The molecule has 0 aromatic carbocycles. The molecular formula is C15H24O. The van der Waals surface area contributed by atoms with Crippen molar-refractivity contribution < 1.29 is 4.74 Å². The second kappa shape index (κ2) is 3.87. The van der Waals surface area contributed by atoms with E-state index in [0.717, 1.165) is 18.4 Å². The molecule has 1 heterocycles. The van der Waals surface area contributed by atoms with Crippen LogP contribution >= 0.6 is 0 Å². The minimum Gasteiger partial charge on any atom is -0.371 e. The van der Waals surface area contributed by atoms with Gasteiger partial charge in [-0.25, -0.2) is 0 Å². The van der Waals surface area contributed by atoms with Gasteiger partial charge in [0.15, 0.2) is 0 Å². The van der Waals surface area contributed by atoms with Crippen molar-refractivity contribution in [3.63, 3.8) is 0 Å². The molecule has 2 unspecified atom stereocenters. The average Bonchev–Trinajstić information content (AvgIpc) is 2.28. The molecule has 90 valence electrons. The van der Waals surface area contributed by atoms with Gasteiger partial charge in [-0.1, -0.05) is 18.4 Å². The zero-order valence-electron chi connectivity index (χ0n) is 10.7. The summed E-state index contributed by atoms with van der Waals surface area (Å²) < 4.78 is 6.03. The highest BCUT2D eigenvalue weighted by molar-refractivity contribution is 5.31. The Balaban J connectivity index is 1.97. The molecule has 2 aliphatic carbocycles. The normalized spacial score (nSPS) is 37.9. The molecule has 1 heteroatoms. The van der Waals surface area contributed by atoms with Crippen molar-refractivity contribution in [3.8, 4) is 0 Å². The van der Waals surface area contributed by atoms with Crippen LogP contribution in [0.4, 0.5) is 0 Å². The van der Waals surface area contributed by atoms with Gasteiger partial charge in [0, 0.05) is 0 Å². The van der Waals surface area contributed by atoms with E-state index >= 15 is 0 Å². The molecule has 0 radical (unpaired) electrons. The first-order valence-corrected chi connectivity index (χ1v) is 7.05. The van der Waals surface area contributed by atoms with Gasteiger partial charge in [-0.2, -0.15) is 0 Å². The van der Waals surface area contributed by atoms with Crippen LogP contribution in [0.25, 0.3) is 0 Å². The van der Waals surface area contributed by atoms with Crippen LogP contribution in [-0.2, 0) is 4.74 Å². The van der Waals surface area contributed by atoms with Gasteiger partial charge in [0.2, 0.25) is 0 Å². The quantitative estimate of drug-likeness (QED) is 0.559. The van der Waals surface area contributed by atoms with E-state index in [1.165, 1.54) is 44.9 Å². The van der Waals surface area contributed by atoms with Crippen molar-refractivity contribution in [2.24, 2.45) is 11.8 Å². The number of ether oxygens (including phenoxy) is 1. The third kappa shape index (κ3) is 1.64. The van der Waals surface area contributed by atoms with Crippen LogP contribution < -0.4 is 0 Å². The lowest BCUT2D eigenvalue weighted by atomic mass is 9.63. The minimum absolute atomic E-state index is 0.0360. The molecule has 0 spiro atoms. The van der Waals surface area contributed by atoms with Gasteiger partial charge in [0.05, 0.1) is 12.2 Å². The standard InChI is InChI=1S/C15H24O/c1-15(2)14-12(9-10-16-15)8-7-11-5-3-4-6-13(11)14/h11,13H,3-10H2,1-2H3. The Bertz CT molecular complexity index is 313. The lowest BCUT2D eigenvalue weighted by Crippen LogP contribution is -2.41. The van der Waals surface area contributed by atoms with E-state index in [9.17, 15) is 0 Å². The maximum absolute atomic E-state index is 6.03. The van der Waals surface area contributed by atoms with Crippen molar-refractivity contribution >= 4 is 0 Å². The van der Waals surface area contributed by atoms with Crippen molar-refractivity contribution in [1.29, 1.82) is 0 Å². The fourth-order valence-electron chi connectivity index (χ4n) is 4.33. The topological polar surface area (TPSA) is 9.23 Å². The smallest absolute Gasteiger partial charge is 0.0841 e. The van der Waals surface area contributed by atoms with Crippen LogP contribution in [0.3, 0.4) is 0 Å². The highest BCUT2D eigenvalue weighted by Gasteiger charge is 2.42. The monoisotopic (exact) mass is 220 g/mol. The molecular weight excluding hydrogens is 196 g/mol. The summed E-state index contributed by atoms with van der Waals surface area (Å²) in [4.78, 5) is 0. The third-order valence-corrected chi connectivity index (χ3v) is 4.99. The summed E-state index contributed by atoms with van der Waals surface area (Å²) in [7, 11) is 0. The summed E-state index contributed by atoms with van der Waals surface area (Å²) in [5.41, 5.74) is 3.52. The molecule has 1 aliphatic heterocycles. The molecule has 0 amide bonds. The van der Waals surface area contributed by atoms with Crippen LogP contribution in [0.2, 0.25) is 0 Å². The molecule has 0 bridgehead atoms. The Morgan fingerprint density at radius 3 is 2.75 bits per heavy atom. The number of hydrogen-bond acceptors (Lipinski definition) is 1. The number of fused-ring (bicyclic) bond motifs is 2. The Morgan fingerprint density at radius 1 is 1.06 bits per heavy atom. The summed E-state index contributed by atoms with van der Waals surface area (Å²) in [5.74, 6) is 1.85. The lowest BCUT2D eigenvalue weighted by Gasteiger charge is -2.47. The minimum atomic E-state index is 0.0360. The average molecular weight is 220 g/mol. The molecule has 1 saturated carbocycles. The van der Waals surface area contributed by atoms with Gasteiger partial charge in [0.25, 0.3) is 0 Å². The molecule has 0 N–H and O–H groups in total. The lowest BCUT2D eigenvalue weighted by molar-refractivity contribution is -0.0188. The van der Waals surface area contributed by atoms with Crippen LogP contribution in [-0.4, -0.2) is 12.2 Å². The number of hydrogen-bond donors (Lipinski definition) is 0. The van der Waals surface area contributed by atoms with Gasteiger partial charge in [-0.3, -0.25) is 0 Å². The van der Waals surface area contributed by atoms with E-state index < -0.39 is 0 Å². The van der Waals surface area contributed by atoms with Gasteiger partial charge < -0.3 is 4.74 Å². The van der Waals surface area contributed by atoms with Gasteiger partial charge >= 0.3 is 0 Å². The van der Waals surface area contributed by atoms with Crippen LogP contribution in [0.5, 0.6) is 0 Å². The fraction of sp³-hybridized carbons (Fsp3) is 0.867. The maximum Gasteiger partial charge on any atom is 0.0841 e. The number of rotatable bonds is 0. The Hall–Kier alpha value is -0.300. The first kappa shape index (κ1) is 10.8. The molecule has 0 aromatic heterocycles. The summed E-state index contributed by atoms with van der Waals surface area (Å²) >= 11 is 0. The van der Waals surface area contributed by atoms with E-state index in [1.807, 2.05) is 0 Å². The molecule has 0 saturated heterocycles. The third-order valence-electron chi connectivity index (χ3n) is 4.99. The largest absolute Gasteiger partial charge is 0.371 e. The van der Waals surface area contributed by atoms with Gasteiger partial charge in [0.1, 0.15) is 0 Å². The second-order valence-corrected chi connectivity index (χ2v) is 6.32. The van der Waals surface area contributed by atoms with Crippen LogP contribution in [0.15, 0.2) is 11.1 Å².